The highest BCUT2D eigenvalue weighted by Gasteiger charge is 2.37. The summed E-state index contributed by atoms with van der Waals surface area (Å²) in [5.74, 6) is -3.76. The van der Waals surface area contributed by atoms with Gasteiger partial charge in [0.15, 0.2) is 0 Å². The highest BCUT2D eigenvalue weighted by Crippen LogP contribution is 2.41. The van der Waals surface area contributed by atoms with Crippen LogP contribution >= 0.6 is 11.3 Å². The fourth-order valence-electron chi connectivity index (χ4n) is 4.01. The lowest BCUT2D eigenvalue weighted by atomic mass is 9.78. The molecule has 1 saturated carbocycles. The number of aliphatic carboxylic acids is 1. The number of hydrogen-bond acceptors (Lipinski definition) is 5. The molecule has 2 N–H and O–H groups in total. The van der Waals surface area contributed by atoms with Gasteiger partial charge in [0.25, 0.3) is 0 Å². The number of rotatable bonds is 6. The van der Waals surface area contributed by atoms with Crippen molar-refractivity contribution >= 4 is 34.2 Å². The molecule has 6 nitrogen and oxygen atoms in total. The third-order valence-electron chi connectivity index (χ3n) is 5.42. The molecule has 1 aromatic carbocycles. The van der Waals surface area contributed by atoms with Crippen molar-refractivity contribution < 1.29 is 28.6 Å². The van der Waals surface area contributed by atoms with Gasteiger partial charge in [-0.15, -0.1) is 11.3 Å². The molecule has 0 saturated heterocycles. The Hall–Kier alpha value is -2.74. The van der Waals surface area contributed by atoms with E-state index in [1.165, 1.54) is 23.5 Å². The van der Waals surface area contributed by atoms with Crippen molar-refractivity contribution in [3.63, 3.8) is 0 Å². The second kappa shape index (κ2) is 9.60. The van der Waals surface area contributed by atoms with Crippen molar-refractivity contribution in [1.82, 2.24) is 0 Å². The quantitative estimate of drug-likeness (QED) is 0.590. The molecule has 1 heterocycles. The molecule has 0 radical (unpaired) electrons. The molecule has 1 aromatic heterocycles. The van der Waals surface area contributed by atoms with Crippen molar-refractivity contribution in [3.05, 3.63) is 40.5 Å². The smallest absolute Gasteiger partial charge is 0.342 e. The van der Waals surface area contributed by atoms with Gasteiger partial charge in [-0.05, 0) is 51.3 Å². The zero-order valence-corrected chi connectivity index (χ0v) is 18.6. The highest BCUT2D eigenvalue weighted by atomic mass is 32.1. The normalized spacial score (nSPS) is 18.6. The lowest BCUT2D eigenvalue weighted by molar-refractivity contribution is -0.147. The Bertz CT molecular complexity index is 983. The molecular weight excluding hydrogens is 421 g/mol. The van der Waals surface area contributed by atoms with Gasteiger partial charge in [0.1, 0.15) is 16.4 Å². The number of carbonyl (C=O) groups is 3. The molecule has 0 bridgehead atoms. The number of carboxylic acids is 1. The van der Waals surface area contributed by atoms with E-state index in [0.29, 0.717) is 29.0 Å². The van der Waals surface area contributed by atoms with Crippen LogP contribution in [0, 0.1) is 24.6 Å². The zero-order chi connectivity index (χ0) is 22.7. The second-order valence-electron chi connectivity index (χ2n) is 8.02. The molecule has 2 atom stereocenters. The molecule has 0 aliphatic heterocycles. The molecule has 3 rings (SSSR count). The van der Waals surface area contributed by atoms with Gasteiger partial charge in [-0.25, -0.2) is 9.18 Å². The number of benzene rings is 1. The Morgan fingerprint density at radius 1 is 1.13 bits per heavy atom. The first kappa shape index (κ1) is 22.9. The van der Waals surface area contributed by atoms with Crippen molar-refractivity contribution in [2.24, 2.45) is 11.8 Å². The fraction of sp³-hybridized carbons (Fsp3) is 0.435. The SMILES string of the molecule is Cc1sc(NC(=O)[C@H]2CCCC[C@H]2C(=O)O)c(C(=O)OC(C)C)c1-c1ccc(F)cc1. The summed E-state index contributed by atoms with van der Waals surface area (Å²) in [6.45, 7) is 5.27. The minimum Gasteiger partial charge on any atom is -0.481 e. The molecule has 166 valence electrons. The van der Waals surface area contributed by atoms with Crippen LogP contribution in [0.5, 0.6) is 0 Å². The maximum Gasteiger partial charge on any atom is 0.342 e. The molecule has 2 aromatic rings. The average molecular weight is 448 g/mol. The van der Waals surface area contributed by atoms with E-state index in [1.54, 1.807) is 26.0 Å². The summed E-state index contributed by atoms with van der Waals surface area (Å²) in [4.78, 5) is 38.3. The first-order valence-electron chi connectivity index (χ1n) is 10.3. The van der Waals surface area contributed by atoms with E-state index in [2.05, 4.69) is 5.32 Å². The van der Waals surface area contributed by atoms with Crippen LogP contribution in [0.25, 0.3) is 11.1 Å². The first-order chi connectivity index (χ1) is 14.7. The second-order valence-corrected chi connectivity index (χ2v) is 9.25. The van der Waals surface area contributed by atoms with Crippen LogP contribution < -0.4 is 5.32 Å². The van der Waals surface area contributed by atoms with E-state index >= 15 is 0 Å². The Kier molecular flexibility index (Phi) is 7.10. The Morgan fingerprint density at radius 2 is 1.74 bits per heavy atom. The van der Waals surface area contributed by atoms with E-state index in [0.717, 1.165) is 17.7 Å². The Morgan fingerprint density at radius 3 is 2.32 bits per heavy atom. The summed E-state index contributed by atoms with van der Waals surface area (Å²) < 4.78 is 18.8. The van der Waals surface area contributed by atoms with Crippen molar-refractivity contribution in [2.45, 2.75) is 52.6 Å². The van der Waals surface area contributed by atoms with Crippen LogP contribution in [0.15, 0.2) is 24.3 Å². The summed E-state index contributed by atoms with van der Waals surface area (Å²) >= 11 is 1.22. The number of hydrogen-bond donors (Lipinski definition) is 2. The van der Waals surface area contributed by atoms with Gasteiger partial charge in [0.05, 0.1) is 17.9 Å². The van der Waals surface area contributed by atoms with E-state index < -0.39 is 35.5 Å². The standard InChI is InChI=1S/C23H26FNO5S/c1-12(2)30-23(29)19-18(14-8-10-15(24)11-9-14)13(3)31-21(19)25-20(26)16-6-4-5-7-17(16)22(27)28/h8-12,16-17H,4-7H2,1-3H3,(H,25,26)(H,27,28)/t16-,17+/m0/s1. The van der Waals surface area contributed by atoms with Crippen LogP contribution in [-0.4, -0.2) is 29.1 Å². The third kappa shape index (κ3) is 5.12. The van der Waals surface area contributed by atoms with E-state index in [1.807, 2.05) is 6.92 Å². The van der Waals surface area contributed by atoms with Gasteiger partial charge < -0.3 is 15.2 Å². The van der Waals surface area contributed by atoms with Gasteiger partial charge in [0.2, 0.25) is 5.91 Å². The number of aryl methyl sites for hydroxylation is 1. The number of esters is 1. The number of nitrogens with one attached hydrogen (secondary N) is 1. The average Bonchev–Trinajstić information content (AvgIpc) is 3.03. The van der Waals surface area contributed by atoms with Crippen molar-refractivity contribution in [2.75, 3.05) is 5.32 Å². The van der Waals surface area contributed by atoms with Crippen LogP contribution in [0.2, 0.25) is 0 Å². The molecule has 0 spiro atoms. The van der Waals surface area contributed by atoms with Gasteiger partial charge in [0, 0.05) is 10.4 Å². The number of ether oxygens (including phenoxy) is 1. The zero-order valence-electron chi connectivity index (χ0n) is 17.7. The summed E-state index contributed by atoms with van der Waals surface area (Å²) in [5, 5.41) is 12.6. The number of carbonyl (C=O) groups excluding carboxylic acids is 2. The minimum absolute atomic E-state index is 0.207. The number of halogens is 1. The minimum atomic E-state index is -0.978. The molecule has 1 aliphatic rings. The van der Waals surface area contributed by atoms with E-state index in [4.69, 9.17) is 4.74 Å². The Labute approximate surface area is 184 Å². The molecule has 1 aliphatic carbocycles. The summed E-state index contributed by atoms with van der Waals surface area (Å²) in [6, 6.07) is 5.76. The number of amides is 1. The monoisotopic (exact) mass is 447 g/mol. The lowest BCUT2D eigenvalue weighted by Gasteiger charge is -2.27. The van der Waals surface area contributed by atoms with E-state index in [9.17, 15) is 23.9 Å². The summed E-state index contributed by atoms with van der Waals surface area (Å²) in [6.07, 6.45) is 2.14. The van der Waals surface area contributed by atoms with Gasteiger partial charge in [-0.2, -0.15) is 0 Å². The maximum absolute atomic E-state index is 13.4. The lowest BCUT2D eigenvalue weighted by Crippen LogP contribution is -2.36. The van der Waals surface area contributed by atoms with Crippen molar-refractivity contribution in [3.8, 4) is 11.1 Å². The topological polar surface area (TPSA) is 92.7 Å². The molecule has 8 heteroatoms. The van der Waals surface area contributed by atoms with Crippen LogP contribution in [0.3, 0.4) is 0 Å². The molecule has 1 fully saturated rings. The van der Waals surface area contributed by atoms with Gasteiger partial charge in [-0.3, -0.25) is 9.59 Å². The predicted molar refractivity (Wildman–Crippen MR) is 117 cm³/mol. The highest BCUT2D eigenvalue weighted by molar-refractivity contribution is 7.17. The summed E-state index contributed by atoms with van der Waals surface area (Å²) in [5.41, 5.74) is 1.41. The molecule has 1 amide bonds. The fourth-order valence-corrected chi connectivity index (χ4v) is 5.08. The third-order valence-corrected chi connectivity index (χ3v) is 6.44. The number of anilines is 1. The largest absolute Gasteiger partial charge is 0.481 e. The summed E-state index contributed by atoms with van der Waals surface area (Å²) in [7, 11) is 0. The molecule has 31 heavy (non-hydrogen) atoms. The van der Waals surface area contributed by atoms with Crippen molar-refractivity contribution in [1.29, 1.82) is 0 Å². The predicted octanol–water partition coefficient (Wildman–Crippen LogP) is 5.26. The number of carboxylic acid groups (broad SMARTS) is 1. The van der Waals surface area contributed by atoms with Crippen LogP contribution in [0.4, 0.5) is 9.39 Å². The van der Waals surface area contributed by atoms with Gasteiger partial charge in [-0.1, -0.05) is 25.0 Å². The number of thiophene rings is 1. The molecular formula is C23H26FNO5S. The maximum atomic E-state index is 13.4. The van der Waals surface area contributed by atoms with Crippen LogP contribution in [-0.2, 0) is 14.3 Å². The van der Waals surface area contributed by atoms with E-state index in [-0.39, 0.29) is 11.7 Å². The van der Waals surface area contributed by atoms with Crippen LogP contribution in [0.1, 0.15) is 54.8 Å². The first-order valence-corrected chi connectivity index (χ1v) is 11.1. The Balaban J connectivity index is 2.00. The molecule has 0 unspecified atom stereocenters. The van der Waals surface area contributed by atoms with Gasteiger partial charge >= 0.3 is 11.9 Å².